The minimum Gasteiger partial charge on any atom is -0.555 e. The highest BCUT2D eigenvalue weighted by atomic mass is 16.4. The van der Waals surface area contributed by atoms with Crippen molar-refractivity contribution in [2.24, 2.45) is 0 Å². The molecule has 0 amide bonds. The molecular weight excluding hydrogens is 499 g/mol. The van der Waals surface area contributed by atoms with E-state index in [-0.39, 0.29) is 5.76 Å². The van der Waals surface area contributed by atoms with Crippen LogP contribution in [0.15, 0.2) is 115 Å². The van der Waals surface area contributed by atoms with Crippen LogP contribution in [0.3, 0.4) is 0 Å². The van der Waals surface area contributed by atoms with Crippen molar-refractivity contribution in [1.82, 2.24) is 0 Å². The molecule has 0 unspecified atom stereocenters. The van der Waals surface area contributed by atoms with Gasteiger partial charge >= 0.3 is 7.48 Å². The summed E-state index contributed by atoms with van der Waals surface area (Å²) in [6, 6.07) is 39.8. The molecular formula is C38H32BO2. The normalized spacial score (nSPS) is 11.9. The summed E-state index contributed by atoms with van der Waals surface area (Å²) in [4.78, 5) is 0. The van der Waals surface area contributed by atoms with Gasteiger partial charge in [0.2, 0.25) is 0 Å². The summed E-state index contributed by atoms with van der Waals surface area (Å²) in [6.07, 6.45) is 0. The van der Waals surface area contributed by atoms with Gasteiger partial charge in [0, 0.05) is 11.1 Å². The van der Waals surface area contributed by atoms with E-state index >= 15 is 0 Å². The molecule has 199 valence electrons. The molecule has 0 aliphatic carbocycles. The fraction of sp³-hybridized carbons (Fsp3) is 0.105. The van der Waals surface area contributed by atoms with Gasteiger partial charge in [-0.25, -0.2) is 0 Å². The van der Waals surface area contributed by atoms with Crippen LogP contribution in [0.4, 0.5) is 0 Å². The van der Waals surface area contributed by atoms with Gasteiger partial charge in [-0.2, -0.15) is 0 Å². The summed E-state index contributed by atoms with van der Waals surface area (Å²) in [7, 11) is 1.82. The summed E-state index contributed by atoms with van der Waals surface area (Å²) in [5, 5.41) is 16.3. The Morgan fingerprint density at radius 2 is 1.05 bits per heavy atom. The van der Waals surface area contributed by atoms with Gasteiger partial charge in [0.25, 0.3) is 0 Å². The third-order valence-electron chi connectivity index (χ3n) is 7.83. The van der Waals surface area contributed by atoms with Crippen molar-refractivity contribution in [3.05, 3.63) is 149 Å². The highest BCUT2D eigenvalue weighted by molar-refractivity contribution is 6.57. The van der Waals surface area contributed by atoms with E-state index in [1.807, 2.05) is 46.5 Å². The maximum Gasteiger partial charge on any atom is 0.410 e. The number of aliphatic hydroxyl groups is 1. The Labute approximate surface area is 242 Å². The summed E-state index contributed by atoms with van der Waals surface area (Å²) >= 11 is 0. The number of fused-ring (bicyclic) bond motifs is 2. The van der Waals surface area contributed by atoms with E-state index in [1.54, 1.807) is 0 Å². The van der Waals surface area contributed by atoms with Gasteiger partial charge in [0.05, 0.1) is 0 Å². The molecule has 41 heavy (non-hydrogen) atoms. The SMILES string of the molecule is Cc1ccc(C)c(/C(O)=C(/O[B]c2c3ccccc3c(-c3ccccc3)c3ccccc23)c2cc(C)ccc2C)c1. The van der Waals surface area contributed by atoms with Crippen LogP contribution >= 0.6 is 0 Å². The van der Waals surface area contributed by atoms with E-state index in [0.717, 1.165) is 60.4 Å². The van der Waals surface area contributed by atoms with Crippen LogP contribution in [-0.2, 0) is 4.65 Å². The topological polar surface area (TPSA) is 29.5 Å². The first kappa shape index (κ1) is 26.5. The molecule has 0 aliphatic heterocycles. The fourth-order valence-corrected chi connectivity index (χ4v) is 5.66. The van der Waals surface area contributed by atoms with E-state index in [9.17, 15) is 5.11 Å². The van der Waals surface area contributed by atoms with Gasteiger partial charge in [-0.05, 0) is 89.1 Å². The second kappa shape index (κ2) is 11.0. The van der Waals surface area contributed by atoms with Gasteiger partial charge in [-0.1, -0.05) is 114 Å². The first-order chi connectivity index (χ1) is 19.9. The Morgan fingerprint density at radius 3 is 1.63 bits per heavy atom. The van der Waals surface area contributed by atoms with Crippen LogP contribution in [0.25, 0.3) is 44.2 Å². The van der Waals surface area contributed by atoms with Crippen LogP contribution in [0, 0.1) is 27.7 Å². The van der Waals surface area contributed by atoms with Crippen LogP contribution in [0.1, 0.15) is 33.4 Å². The lowest BCUT2D eigenvalue weighted by Gasteiger charge is -2.20. The van der Waals surface area contributed by atoms with Crippen molar-refractivity contribution in [3.63, 3.8) is 0 Å². The van der Waals surface area contributed by atoms with E-state index in [2.05, 4.69) is 104 Å². The molecule has 2 nitrogen and oxygen atoms in total. The Kier molecular flexibility index (Phi) is 7.11. The first-order valence-corrected chi connectivity index (χ1v) is 14.0. The van der Waals surface area contributed by atoms with Crippen molar-refractivity contribution < 1.29 is 9.76 Å². The summed E-state index contributed by atoms with van der Waals surface area (Å²) in [5.74, 6) is 0.575. The summed E-state index contributed by atoms with van der Waals surface area (Å²) in [6.45, 7) is 8.16. The number of aliphatic hydroxyl groups excluding tert-OH is 1. The molecule has 1 radical (unpaired) electrons. The Hall–Kier alpha value is -4.76. The number of hydrogen-bond donors (Lipinski definition) is 1. The maximum absolute atomic E-state index is 11.8. The summed E-state index contributed by atoms with van der Waals surface area (Å²) < 4.78 is 6.63. The Balaban J connectivity index is 1.56. The van der Waals surface area contributed by atoms with E-state index in [1.165, 1.54) is 11.1 Å². The zero-order chi connectivity index (χ0) is 28.5. The minimum absolute atomic E-state index is 0.130. The molecule has 0 aliphatic rings. The molecule has 0 atom stereocenters. The average Bonchev–Trinajstić information content (AvgIpc) is 3.00. The van der Waals surface area contributed by atoms with E-state index in [4.69, 9.17) is 4.65 Å². The molecule has 0 fully saturated rings. The predicted molar refractivity (Wildman–Crippen MR) is 175 cm³/mol. The van der Waals surface area contributed by atoms with Crippen molar-refractivity contribution in [2.75, 3.05) is 0 Å². The van der Waals surface area contributed by atoms with Gasteiger partial charge < -0.3 is 9.76 Å². The first-order valence-electron chi connectivity index (χ1n) is 14.0. The lowest BCUT2D eigenvalue weighted by molar-refractivity contribution is 0.479. The molecule has 0 spiro atoms. The number of rotatable bonds is 6. The Bertz CT molecular complexity index is 1880. The molecule has 0 saturated heterocycles. The van der Waals surface area contributed by atoms with Gasteiger partial charge in [-0.3, -0.25) is 0 Å². The molecule has 0 aromatic heterocycles. The van der Waals surface area contributed by atoms with Crippen LogP contribution in [-0.4, -0.2) is 12.6 Å². The second-order valence-corrected chi connectivity index (χ2v) is 10.8. The number of aryl methyl sites for hydroxylation is 4. The van der Waals surface area contributed by atoms with Crippen molar-refractivity contribution in [3.8, 4) is 11.1 Å². The second-order valence-electron chi connectivity index (χ2n) is 10.8. The molecule has 6 rings (SSSR count). The van der Waals surface area contributed by atoms with Crippen LogP contribution in [0.2, 0.25) is 0 Å². The standard InChI is InChI=1S/C38H32BO2/c1-24-18-20-26(3)33(22-24)37(40)38(34-23-25(2)19-21-27(34)4)41-39-36-31-16-10-8-14-29(31)35(28-12-6-5-7-13-28)30-15-9-11-17-32(30)36/h5-23,40H,1-4H3/b38-37-. The quantitative estimate of drug-likeness (QED) is 0.100. The Morgan fingerprint density at radius 1 is 0.561 bits per heavy atom. The van der Waals surface area contributed by atoms with Crippen LogP contribution in [0.5, 0.6) is 0 Å². The van der Waals surface area contributed by atoms with Gasteiger partial charge in [-0.15, -0.1) is 0 Å². The van der Waals surface area contributed by atoms with Crippen molar-refractivity contribution in [2.45, 2.75) is 27.7 Å². The van der Waals surface area contributed by atoms with Gasteiger partial charge in [0.1, 0.15) is 5.76 Å². The predicted octanol–water partition coefficient (Wildman–Crippen LogP) is 9.24. The summed E-state index contributed by atoms with van der Waals surface area (Å²) in [5.41, 5.74) is 9.20. The molecule has 6 aromatic rings. The van der Waals surface area contributed by atoms with Gasteiger partial charge in [0.15, 0.2) is 5.76 Å². The van der Waals surface area contributed by atoms with E-state index in [0.29, 0.717) is 5.76 Å². The monoisotopic (exact) mass is 531 g/mol. The molecule has 3 heteroatoms. The zero-order valence-corrected chi connectivity index (χ0v) is 23.9. The molecule has 6 aromatic carbocycles. The van der Waals surface area contributed by atoms with Crippen molar-refractivity contribution >= 4 is 46.0 Å². The average molecular weight is 531 g/mol. The molecule has 0 heterocycles. The highest BCUT2D eigenvalue weighted by Crippen LogP contribution is 2.36. The highest BCUT2D eigenvalue weighted by Gasteiger charge is 2.21. The van der Waals surface area contributed by atoms with E-state index < -0.39 is 0 Å². The fourth-order valence-electron chi connectivity index (χ4n) is 5.66. The minimum atomic E-state index is 0.130. The third kappa shape index (κ3) is 5.00. The molecule has 0 saturated carbocycles. The largest absolute Gasteiger partial charge is 0.555 e. The smallest absolute Gasteiger partial charge is 0.410 e. The number of benzene rings is 6. The van der Waals surface area contributed by atoms with Crippen molar-refractivity contribution in [1.29, 1.82) is 0 Å². The number of hydrogen-bond acceptors (Lipinski definition) is 2. The molecule has 0 bridgehead atoms. The molecule has 1 N–H and O–H groups in total. The third-order valence-corrected chi connectivity index (χ3v) is 7.83. The zero-order valence-electron chi connectivity index (χ0n) is 23.9. The lowest BCUT2D eigenvalue weighted by Crippen LogP contribution is -2.21. The maximum atomic E-state index is 11.8. The van der Waals surface area contributed by atoms with Crippen LogP contribution < -0.4 is 5.46 Å². The lowest BCUT2D eigenvalue weighted by atomic mass is 9.77.